The van der Waals surface area contributed by atoms with Crippen LogP contribution < -0.4 is 22.1 Å². The van der Waals surface area contributed by atoms with E-state index < -0.39 is 5.91 Å². The molecule has 0 radical (unpaired) electrons. The number of anilines is 3. The van der Waals surface area contributed by atoms with Gasteiger partial charge in [-0.1, -0.05) is 12.1 Å². The monoisotopic (exact) mass is 383 g/mol. The fourth-order valence-corrected chi connectivity index (χ4v) is 3.07. The third kappa shape index (κ3) is 5.22. The van der Waals surface area contributed by atoms with Crippen LogP contribution in [0.25, 0.3) is 0 Å². The number of rotatable bonds is 8. The van der Waals surface area contributed by atoms with E-state index in [0.717, 1.165) is 16.9 Å². The van der Waals surface area contributed by atoms with E-state index in [1.807, 2.05) is 36.6 Å². The highest BCUT2D eigenvalue weighted by Gasteiger charge is 2.13. The largest absolute Gasteiger partial charge is 0.365 e. The number of hydrogen-bond donors (Lipinski definition) is 4. The van der Waals surface area contributed by atoms with Gasteiger partial charge in [-0.3, -0.25) is 4.79 Å². The van der Waals surface area contributed by atoms with Crippen molar-refractivity contribution in [3.05, 3.63) is 58.2 Å². The topological polar surface area (TPSA) is 132 Å². The van der Waals surface area contributed by atoms with Crippen LogP contribution in [0.4, 0.5) is 17.5 Å². The van der Waals surface area contributed by atoms with Gasteiger partial charge < -0.3 is 22.1 Å². The Balaban J connectivity index is 1.71. The number of thiazole rings is 1. The minimum absolute atomic E-state index is 0.139. The molecule has 0 aliphatic rings. The van der Waals surface area contributed by atoms with Gasteiger partial charge in [-0.2, -0.15) is 4.98 Å². The molecule has 1 atom stereocenters. The number of hydrogen-bond acceptors (Lipinski definition) is 8. The highest BCUT2D eigenvalue weighted by Crippen LogP contribution is 2.20. The molecule has 0 unspecified atom stereocenters. The SMILES string of the molecule is Cc1cccc(Nc2nc(NC[C@@H](N)Cc3cscn3)ncc2C(N)=O)c1. The van der Waals surface area contributed by atoms with Crippen LogP contribution in [0.5, 0.6) is 0 Å². The highest BCUT2D eigenvalue weighted by molar-refractivity contribution is 7.07. The van der Waals surface area contributed by atoms with Crippen molar-refractivity contribution in [1.29, 1.82) is 0 Å². The Kier molecular flexibility index (Phi) is 5.94. The highest BCUT2D eigenvalue weighted by atomic mass is 32.1. The lowest BCUT2D eigenvalue weighted by atomic mass is 10.2. The summed E-state index contributed by atoms with van der Waals surface area (Å²) in [5.74, 6) is 0.111. The smallest absolute Gasteiger partial charge is 0.254 e. The number of aryl methyl sites for hydroxylation is 1. The Morgan fingerprint density at radius 1 is 1.33 bits per heavy atom. The Labute approximate surface area is 161 Å². The number of nitrogens with one attached hydrogen (secondary N) is 2. The molecule has 8 nitrogen and oxygen atoms in total. The zero-order valence-electron chi connectivity index (χ0n) is 14.8. The molecule has 3 aromatic rings. The van der Waals surface area contributed by atoms with Crippen LogP contribution in [-0.4, -0.2) is 33.4 Å². The molecule has 0 saturated carbocycles. The van der Waals surface area contributed by atoms with Crippen LogP contribution in [0.3, 0.4) is 0 Å². The summed E-state index contributed by atoms with van der Waals surface area (Å²) < 4.78 is 0. The fraction of sp³-hybridized carbons (Fsp3) is 0.222. The molecule has 140 valence electrons. The maximum atomic E-state index is 11.7. The molecule has 0 aliphatic carbocycles. The van der Waals surface area contributed by atoms with Gasteiger partial charge in [-0.15, -0.1) is 11.3 Å². The predicted octanol–water partition coefficient (Wildman–Crippen LogP) is 2.07. The molecule has 0 spiro atoms. The van der Waals surface area contributed by atoms with Gasteiger partial charge >= 0.3 is 0 Å². The second kappa shape index (κ2) is 8.56. The number of carbonyl (C=O) groups is 1. The Hall–Kier alpha value is -3.04. The van der Waals surface area contributed by atoms with Gasteiger partial charge in [0.1, 0.15) is 11.4 Å². The lowest BCUT2D eigenvalue weighted by Crippen LogP contribution is -2.32. The number of nitrogens with two attached hydrogens (primary N) is 2. The molecule has 9 heteroatoms. The summed E-state index contributed by atoms with van der Waals surface area (Å²) in [6, 6.07) is 7.59. The molecule has 2 heterocycles. The van der Waals surface area contributed by atoms with Crippen molar-refractivity contribution < 1.29 is 4.79 Å². The second-order valence-electron chi connectivity index (χ2n) is 6.14. The minimum atomic E-state index is -0.600. The van der Waals surface area contributed by atoms with Crippen LogP contribution in [0.15, 0.2) is 41.4 Å². The Morgan fingerprint density at radius 2 is 2.19 bits per heavy atom. The van der Waals surface area contributed by atoms with Crippen molar-refractivity contribution in [3.8, 4) is 0 Å². The van der Waals surface area contributed by atoms with Crippen LogP contribution in [-0.2, 0) is 6.42 Å². The summed E-state index contributed by atoms with van der Waals surface area (Å²) in [5.41, 5.74) is 16.4. The van der Waals surface area contributed by atoms with Gasteiger partial charge in [-0.05, 0) is 24.6 Å². The molecule has 3 rings (SSSR count). The van der Waals surface area contributed by atoms with E-state index in [0.29, 0.717) is 24.7 Å². The number of benzene rings is 1. The standard InChI is InChI=1S/C18H21N7OS/c1-11-3-2-4-13(5-11)24-17-15(16(20)26)8-22-18(25-17)21-7-12(19)6-14-9-27-10-23-14/h2-5,8-10,12H,6-7,19H2,1H3,(H2,20,26)(H2,21,22,24,25)/t12-/m0/s1. The number of aromatic nitrogens is 3. The third-order valence-corrected chi connectivity index (χ3v) is 4.45. The molecule has 6 N–H and O–H groups in total. The summed E-state index contributed by atoms with van der Waals surface area (Å²) in [6.07, 6.45) is 2.06. The lowest BCUT2D eigenvalue weighted by molar-refractivity contribution is 0.100. The number of carbonyl (C=O) groups excluding carboxylic acids is 1. The molecule has 0 fully saturated rings. The van der Waals surface area contributed by atoms with Crippen molar-refractivity contribution in [2.75, 3.05) is 17.2 Å². The molecule has 0 aliphatic heterocycles. The van der Waals surface area contributed by atoms with Crippen LogP contribution in [0, 0.1) is 6.92 Å². The van der Waals surface area contributed by atoms with Crippen molar-refractivity contribution >= 4 is 34.7 Å². The molecule has 1 aromatic carbocycles. The van der Waals surface area contributed by atoms with E-state index in [2.05, 4.69) is 25.6 Å². The van der Waals surface area contributed by atoms with Crippen LogP contribution in [0.1, 0.15) is 21.6 Å². The summed E-state index contributed by atoms with van der Waals surface area (Å²) in [7, 11) is 0. The molecule has 0 bridgehead atoms. The number of nitrogens with zero attached hydrogens (tertiary/aromatic N) is 3. The van der Waals surface area contributed by atoms with E-state index in [4.69, 9.17) is 11.5 Å². The van der Waals surface area contributed by atoms with Crippen molar-refractivity contribution in [3.63, 3.8) is 0 Å². The number of primary amides is 1. The first-order valence-corrected chi connectivity index (χ1v) is 9.32. The summed E-state index contributed by atoms with van der Waals surface area (Å²) in [5, 5.41) is 8.20. The first-order valence-electron chi connectivity index (χ1n) is 8.38. The van der Waals surface area contributed by atoms with Crippen molar-refractivity contribution in [2.45, 2.75) is 19.4 Å². The average Bonchev–Trinajstić information content (AvgIpc) is 3.13. The summed E-state index contributed by atoms with van der Waals surface area (Å²) in [4.78, 5) is 24.5. The van der Waals surface area contributed by atoms with Gasteiger partial charge in [0.05, 0.1) is 11.2 Å². The summed E-state index contributed by atoms with van der Waals surface area (Å²) >= 11 is 1.54. The van der Waals surface area contributed by atoms with E-state index in [1.165, 1.54) is 6.20 Å². The normalized spacial score (nSPS) is 11.8. The first-order chi connectivity index (χ1) is 13.0. The molecular formula is C18H21N7OS. The van der Waals surface area contributed by atoms with Gasteiger partial charge in [0.25, 0.3) is 5.91 Å². The van der Waals surface area contributed by atoms with Crippen LogP contribution in [0.2, 0.25) is 0 Å². The molecular weight excluding hydrogens is 362 g/mol. The van der Waals surface area contributed by atoms with Gasteiger partial charge in [0.15, 0.2) is 0 Å². The quantitative estimate of drug-likeness (QED) is 0.468. The lowest BCUT2D eigenvalue weighted by Gasteiger charge is -2.14. The number of amides is 1. The van der Waals surface area contributed by atoms with Crippen molar-refractivity contribution in [2.24, 2.45) is 11.5 Å². The maximum Gasteiger partial charge on any atom is 0.254 e. The molecule has 0 saturated heterocycles. The van der Waals surface area contributed by atoms with Crippen molar-refractivity contribution in [1.82, 2.24) is 15.0 Å². The molecule has 27 heavy (non-hydrogen) atoms. The van der Waals surface area contributed by atoms with E-state index in [9.17, 15) is 4.79 Å². The van der Waals surface area contributed by atoms with Crippen LogP contribution >= 0.6 is 11.3 Å². The van der Waals surface area contributed by atoms with E-state index in [-0.39, 0.29) is 11.6 Å². The van der Waals surface area contributed by atoms with Gasteiger partial charge in [0.2, 0.25) is 5.95 Å². The Morgan fingerprint density at radius 3 is 2.89 bits per heavy atom. The first kappa shape index (κ1) is 18.7. The van der Waals surface area contributed by atoms with Gasteiger partial charge in [0, 0.05) is 36.3 Å². The average molecular weight is 383 g/mol. The minimum Gasteiger partial charge on any atom is -0.365 e. The maximum absolute atomic E-state index is 11.7. The van der Waals surface area contributed by atoms with Gasteiger partial charge in [-0.25, -0.2) is 9.97 Å². The molecule has 1 amide bonds. The fourth-order valence-electron chi connectivity index (χ4n) is 2.50. The molecule has 2 aromatic heterocycles. The second-order valence-corrected chi connectivity index (χ2v) is 6.86. The predicted molar refractivity (Wildman–Crippen MR) is 107 cm³/mol. The van der Waals surface area contributed by atoms with E-state index in [1.54, 1.807) is 16.8 Å². The third-order valence-electron chi connectivity index (χ3n) is 3.81. The zero-order valence-corrected chi connectivity index (χ0v) is 15.7. The zero-order chi connectivity index (χ0) is 19.2. The summed E-state index contributed by atoms with van der Waals surface area (Å²) in [6.45, 7) is 2.45. The Bertz CT molecular complexity index is 914. The van der Waals surface area contributed by atoms with E-state index >= 15 is 0 Å².